The second-order valence-corrected chi connectivity index (χ2v) is 17.8. The van der Waals surface area contributed by atoms with E-state index in [1.165, 1.54) is 103 Å². The van der Waals surface area contributed by atoms with Gasteiger partial charge < -0.3 is 14.2 Å². The van der Waals surface area contributed by atoms with Gasteiger partial charge in [-0.15, -0.1) is 0 Å². The highest BCUT2D eigenvalue weighted by atomic mass is 16.6. The predicted molar refractivity (Wildman–Crippen MR) is 279 cm³/mol. The summed E-state index contributed by atoms with van der Waals surface area (Å²) in [5.74, 6) is -0.970. The van der Waals surface area contributed by atoms with Gasteiger partial charge in [0, 0.05) is 19.3 Å². The summed E-state index contributed by atoms with van der Waals surface area (Å²) in [6.45, 7) is 6.45. The minimum absolute atomic E-state index is 0.0984. The second kappa shape index (κ2) is 53.2. The van der Waals surface area contributed by atoms with E-state index in [2.05, 4.69) is 106 Å². The molecule has 0 saturated carbocycles. The van der Waals surface area contributed by atoms with E-state index in [0.29, 0.717) is 19.3 Å². The maximum Gasteiger partial charge on any atom is 0.306 e. The van der Waals surface area contributed by atoms with E-state index in [1.807, 2.05) is 0 Å². The summed E-state index contributed by atoms with van der Waals surface area (Å²) in [7, 11) is 0. The van der Waals surface area contributed by atoms with Crippen molar-refractivity contribution in [1.82, 2.24) is 0 Å². The van der Waals surface area contributed by atoms with Crippen molar-refractivity contribution in [2.45, 2.75) is 258 Å². The first-order valence-corrected chi connectivity index (χ1v) is 27.1. The van der Waals surface area contributed by atoms with Crippen molar-refractivity contribution in [3.63, 3.8) is 0 Å². The molecule has 0 rings (SSSR count). The van der Waals surface area contributed by atoms with E-state index in [4.69, 9.17) is 14.2 Å². The molecular formula is C59H100O6. The van der Waals surface area contributed by atoms with Crippen LogP contribution in [0.5, 0.6) is 0 Å². The first kappa shape index (κ1) is 61.6. The molecule has 0 spiro atoms. The second-order valence-electron chi connectivity index (χ2n) is 17.8. The summed E-state index contributed by atoms with van der Waals surface area (Å²) in [5, 5.41) is 0. The molecule has 0 aliphatic carbocycles. The molecule has 6 heteroatoms. The highest BCUT2D eigenvalue weighted by molar-refractivity contribution is 5.71. The largest absolute Gasteiger partial charge is 0.462 e. The highest BCUT2D eigenvalue weighted by Gasteiger charge is 2.19. The summed E-state index contributed by atoms with van der Waals surface area (Å²) in [5.41, 5.74) is 0. The summed E-state index contributed by atoms with van der Waals surface area (Å²) in [6.07, 6.45) is 68.5. The zero-order valence-electron chi connectivity index (χ0n) is 42.5. The smallest absolute Gasteiger partial charge is 0.306 e. The van der Waals surface area contributed by atoms with Crippen LogP contribution >= 0.6 is 0 Å². The molecule has 6 nitrogen and oxygen atoms in total. The number of carbonyl (C=O) groups is 3. The van der Waals surface area contributed by atoms with Crippen molar-refractivity contribution in [2.75, 3.05) is 13.2 Å². The summed E-state index contributed by atoms with van der Waals surface area (Å²) >= 11 is 0. The van der Waals surface area contributed by atoms with Gasteiger partial charge in [-0.2, -0.15) is 0 Å². The van der Waals surface area contributed by atoms with Crippen molar-refractivity contribution in [2.24, 2.45) is 0 Å². The van der Waals surface area contributed by atoms with Gasteiger partial charge in [-0.25, -0.2) is 0 Å². The van der Waals surface area contributed by atoms with Gasteiger partial charge in [-0.05, 0) is 89.9 Å². The molecule has 0 aromatic carbocycles. The van der Waals surface area contributed by atoms with Crippen LogP contribution in [0.25, 0.3) is 0 Å². The molecule has 372 valence electrons. The Balaban J connectivity index is 4.49. The van der Waals surface area contributed by atoms with Crippen LogP contribution < -0.4 is 0 Å². The van der Waals surface area contributed by atoms with Crippen molar-refractivity contribution >= 4 is 17.9 Å². The SMILES string of the molecule is CC/C=C\C/C=C\C/C=C\C/C=C\C/C=C\CCCC(=O)OC[C@H](COC(=O)CCCCCCCCCCCCCCCCC)OC(=O)CCCCCCC/C=C\C/C=C\CCCCC. The minimum atomic E-state index is -0.805. The Morgan fingerprint density at radius 1 is 0.323 bits per heavy atom. The van der Waals surface area contributed by atoms with E-state index in [0.717, 1.165) is 103 Å². The molecular weight excluding hydrogens is 805 g/mol. The van der Waals surface area contributed by atoms with Crippen molar-refractivity contribution in [1.29, 1.82) is 0 Å². The summed E-state index contributed by atoms with van der Waals surface area (Å²) in [6, 6.07) is 0. The minimum Gasteiger partial charge on any atom is -0.462 e. The molecule has 0 bridgehead atoms. The maximum atomic E-state index is 12.8. The number of hydrogen-bond acceptors (Lipinski definition) is 6. The molecule has 0 amide bonds. The molecule has 65 heavy (non-hydrogen) atoms. The molecule has 0 aliphatic rings. The number of hydrogen-bond donors (Lipinski definition) is 0. The third-order valence-corrected chi connectivity index (χ3v) is 11.4. The average molecular weight is 905 g/mol. The molecule has 0 unspecified atom stereocenters. The van der Waals surface area contributed by atoms with E-state index in [9.17, 15) is 14.4 Å². The van der Waals surface area contributed by atoms with Crippen molar-refractivity contribution in [3.8, 4) is 0 Å². The number of unbranched alkanes of at least 4 members (excludes halogenated alkanes) is 23. The number of allylic oxidation sites excluding steroid dienone is 14. The molecule has 0 heterocycles. The van der Waals surface area contributed by atoms with Gasteiger partial charge in [0.2, 0.25) is 0 Å². The quantitative estimate of drug-likeness (QED) is 0.0262. The highest BCUT2D eigenvalue weighted by Crippen LogP contribution is 2.15. The standard InChI is InChI=1S/C59H100O6/c1-4-7-10-13-16-19-22-25-28-29-32-34-37-40-43-46-49-52-58(61)64-55-56(65-59(62)53-50-47-44-41-38-35-31-27-24-21-18-15-12-9-6-3)54-63-57(60)51-48-45-42-39-36-33-30-26-23-20-17-14-11-8-5-2/h7,10,16,18-19,21,25,27-28,31-32,34,40,43,56H,4-6,8-9,11-15,17,20,22-24,26,29-30,33,35-39,41-42,44-55H2,1-3H3/b10-7-,19-16-,21-18-,28-25-,31-27-,34-32-,43-40-/t56-/m0/s1. The average Bonchev–Trinajstić information content (AvgIpc) is 3.30. The van der Waals surface area contributed by atoms with Gasteiger partial charge in [-0.1, -0.05) is 228 Å². The fourth-order valence-electron chi connectivity index (χ4n) is 7.33. The van der Waals surface area contributed by atoms with Gasteiger partial charge in [0.05, 0.1) is 0 Å². The van der Waals surface area contributed by atoms with Gasteiger partial charge in [0.25, 0.3) is 0 Å². The monoisotopic (exact) mass is 905 g/mol. The molecule has 0 aromatic heterocycles. The van der Waals surface area contributed by atoms with Crippen LogP contribution in [0.2, 0.25) is 0 Å². The van der Waals surface area contributed by atoms with E-state index >= 15 is 0 Å². The van der Waals surface area contributed by atoms with Crippen LogP contribution in [0, 0.1) is 0 Å². The van der Waals surface area contributed by atoms with Crippen LogP contribution in [0.15, 0.2) is 85.1 Å². The first-order chi connectivity index (χ1) is 32.0. The topological polar surface area (TPSA) is 78.9 Å². The third kappa shape index (κ3) is 51.4. The number of carbonyl (C=O) groups excluding carboxylic acids is 3. The Labute approximate surface area is 401 Å². The van der Waals surface area contributed by atoms with Crippen LogP contribution in [-0.2, 0) is 28.6 Å². The molecule has 0 aromatic rings. The third-order valence-electron chi connectivity index (χ3n) is 11.4. The molecule has 0 radical (unpaired) electrons. The fourth-order valence-corrected chi connectivity index (χ4v) is 7.33. The van der Waals surface area contributed by atoms with Crippen molar-refractivity contribution in [3.05, 3.63) is 85.1 Å². The molecule has 0 saturated heterocycles. The zero-order valence-corrected chi connectivity index (χ0v) is 42.5. The van der Waals surface area contributed by atoms with E-state index < -0.39 is 6.10 Å². The van der Waals surface area contributed by atoms with Crippen molar-refractivity contribution < 1.29 is 28.6 Å². The Kier molecular flexibility index (Phi) is 50.4. The van der Waals surface area contributed by atoms with Crippen LogP contribution in [0.4, 0.5) is 0 Å². The Morgan fingerprint density at radius 2 is 0.615 bits per heavy atom. The molecule has 0 aliphatic heterocycles. The lowest BCUT2D eigenvalue weighted by Crippen LogP contribution is -2.30. The van der Waals surface area contributed by atoms with E-state index in [-0.39, 0.29) is 37.5 Å². The summed E-state index contributed by atoms with van der Waals surface area (Å²) < 4.78 is 16.8. The van der Waals surface area contributed by atoms with Gasteiger partial charge in [-0.3, -0.25) is 14.4 Å². The predicted octanol–water partition coefficient (Wildman–Crippen LogP) is 18.0. The van der Waals surface area contributed by atoms with Crippen LogP contribution in [0.1, 0.15) is 252 Å². The lowest BCUT2D eigenvalue weighted by molar-refractivity contribution is -0.167. The Bertz CT molecular complexity index is 1270. The van der Waals surface area contributed by atoms with Gasteiger partial charge in [0.15, 0.2) is 6.10 Å². The number of rotatable bonds is 48. The van der Waals surface area contributed by atoms with Gasteiger partial charge in [0.1, 0.15) is 13.2 Å². The van der Waals surface area contributed by atoms with Crippen LogP contribution in [0.3, 0.4) is 0 Å². The van der Waals surface area contributed by atoms with Crippen LogP contribution in [-0.4, -0.2) is 37.2 Å². The Morgan fingerprint density at radius 3 is 1.03 bits per heavy atom. The number of ether oxygens (including phenoxy) is 3. The Hall–Kier alpha value is -3.41. The fraction of sp³-hybridized carbons (Fsp3) is 0.712. The first-order valence-electron chi connectivity index (χ1n) is 27.1. The lowest BCUT2D eigenvalue weighted by Gasteiger charge is -2.18. The number of esters is 3. The van der Waals surface area contributed by atoms with Gasteiger partial charge >= 0.3 is 17.9 Å². The normalized spacial score (nSPS) is 12.7. The van der Waals surface area contributed by atoms with E-state index in [1.54, 1.807) is 0 Å². The molecule has 0 N–H and O–H groups in total. The molecule has 1 atom stereocenters. The summed E-state index contributed by atoms with van der Waals surface area (Å²) in [4.78, 5) is 38.0. The molecule has 0 fully saturated rings. The lowest BCUT2D eigenvalue weighted by atomic mass is 10.0. The zero-order chi connectivity index (χ0) is 47.2. The maximum absolute atomic E-state index is 12.8.